The van der Waals surface area contributed by atoms with Gasteiger partial charge in [-0.25, -0.2) is 4.79 Å². The van der Waals surface area contributed by atoms with E-state index in [1.54, 1.807) is 19.1 Å². The second-order valence-corrected chi connectivity index (χ2v) is 6.22. The maximum absolute atomic E-state index is 11.2. The van der Waals surface area contributed by atoms with Crippen LogP contribution in [0.5, 0.6) is 5.75 Å². The second-order valence-electron chi connectivity index (χ2n) is 6.22. The van der Waals surface area contributed by atoms with Crippen LogP contribution in [-0.4, -0.2) is 24.1 Å². The molecule has 2 aromatic carbocycles. The summed E-state index contributed by atoms with van der Waals surface area (Å²) in [5.74, 6) is 0.407. The number of hydrogen-bond acceptors (Lipinski definition) is 5. The average molecular weight is 381 g/mol. The summed E-state index contributed by atoms with van der Waals surface area (Å²) in [6.07, 6.45) is 5.34. The minimum atomic E-state index is -0.416. The van der Waals surface area contributed by atoms with Gasteiger partial charge in [0.2, 0.25) is 0 Å². The fourth-order valence-corrected chi connectivity index (χ4v) is 2.26. The molecule has 0 aliphatic carbocycles. The van der Waals surface area contributed by atoms with Crippen LogP contribution in [0.25, 0.3) is 12.2 Å². The van der Waals surface area contributed by atoms with Crippen LogP contribution in [0.15, 0.2) is 60.7 Å². The van der Waals surface area contributed by atoms with Crippen LogP contribution >= 0.6 is 0 Å². The van der Waals surface area contributed by atoms with Crippen molar-refractivity contribution < 1.29 is 19.2 Å². The molecule has 0 aromatic heterocycles. The van der Waals surface area contributed by atoms with Crippen LogP contribution in [0.4, 0.5) is 5.69 Å². The monoisotopic (exact) mass is 381 g/mol. The molecule has 0 amide bonds. The van der Waals surface area contributed by atoms with E-state index in [4.69, 9.17) is 9.47 Å². The molecule has 6 heteroatoms. The molecule has 2 rings (SSSR count). The lowest BCUT2D eigenvalue weighted by molar-refractivity contribution is -0.384. The fraction of sp³-hybridized carbons (Fsp3) is 0.227. The van der Waals surface area contributed by atoms with E-state index in [0.717, 1.165) is 29.7 Å². The molecule has 0 atom stereocenters. The van der Waals surface area contributed by atoms with Crippen molar-refractivity contribution in [3.05, 3.63) is 81.9 Å². The van der Waals surface area contributed by atoms with Gasteiger partial charge < -0.3 is 9.47 Å². The van der Waals surface area contributed by atoms with Gasteiger partial charge >= 0.3 is 5.97 Å². The van der Waals surface area contributed by atoms with Gasteiger partial charge in [-0.2, -0.15) is 0 Å². The number of rotatable bonds is 10. The number of unbranched alkanes of at least 4 members (excludes halogenated alkanes) is 1. The lowest BCUT2D eigenvalue weighted by atomic mass is 10.1. The molecule has 28 heavy (non-hydrogen) atoms. The highest BCUT2D eigenvalue weighted by Gasteiger charge is 2.03. The van der Waals surface area contributed by atoms with Crippen LogP contribution in [0, 0.1) is 10.1 Å². The zero-order valence-corrected chi connectivity index (χ0v) is 15.8. The van der Waals surface area contributed by atoms with Gasteiger partial charge in [0, 0.05) is 17.7 Å². The average Bonchev–Trinajstić information content (AvgIpc) is 2.69. The Labute approximate surface area is 164 Å². The summed E-state index contributed by atoms with van der Waals surface area (Å²) in [5.41, 5.74) is 2.36. The van der Waals surface area contributed by atoms with Crippen LogP contribution in [-0.2, 0) is 9.53 Å². The van der Waals surface area contributed by atoms with Gasteiger partial charge in [-0.3, -0.25) is 10.1 Å². The molecule has 0 saturated carbocycles. The normalized spacial score (nSPS) is 10.6. The topological polar surface area (TPSA) is 78.7 Å². The number of nitro groups is 1. The van der Waals surface area contributed by atoms with E-state index in [9.17, 15) is 14.9 Å². The molecule has 146 valence electrons. The predicted molar refractivity (Wildman–Crippen MR) is 109 cm³/mol. The Morgan fingerprint density at radius 1 is 1.00 bits per heavy atom. The number of nitrogens with zero attached hydrogens (tertiary/aromatic N) is 1. The summed E-state index contributed by atoms with van der Waals surface area (Å²) < 4.78 is 10.7. The maximum atomic E-state index is 11.2. The van der Waals surface area contributed by atoms with Gasteiger partial charge in [0.05, 0.1) is 18.1 Å². The third-order valence-corrected chi connectivity index (χ3v) is 3.84. The first kappa shape index (κ1) is 20.9. The van der Waals surface area contributed by atoms with E-state index in [2.05, 4.69) is 6.58 Å². The minimum Gasteiger partial charge on any atom is -0.494 e. The highest BCUT2D eigenvalue weighted by atomic mass is 16.6. The van der Waals surface area contributed by atoms with Crippen LogP contribution in [0.2, 0.25) is 0 Å². The van der Waals surface area contributed by atoms with E-state index in [1.165, 1.54) is 12.1 Å². The third kappa shape index (κ3) is 7.07. The van der Waals surface area contributed by atoms with Gasteiger partial charge in [-0.05, 0) is 55.2 Å². The Hall–Kier alpha value is -3.41. The van der Waals surface area contributed by atoms with E-state index >= 15 is 0 Å². The first-order valence-electron chi connectivity index (χ1n) is 8.94. The highest BCUT2D eigenvalue weighted by Crippen LogP contribution is 2.17. The Balaban J connectivity index is 1.73. The molecule has 6 nitrogen and oxygen atoms in total. The molecular weight excluding hydrogens is 358 g/mol. The molecule has 0 aliphatic heterocycles. The summed E-state index contributed by atoms with van der Waals surface area (Å²) in [6.45, 7) is 6.06. The van der Waals surface area contributed by atoms with Crippen LogP contribution < -0.4 is 4.74 Å². The molecular formula is C22H23NO5. The Morgan fingerprint density at radius 2 is 1.54 bits per heavy atom. The number of benzene rings is 2. The van der Waals surface area contributed by atoms with E-state index < -0.39 is 4.92 Å². The van der Waals surface area contributed by atoms with E-state index in [1.807, 2.05) is 36.4 Å². The zero-order valence-electron chi connectivity index (χ0n) is 15.8. The SMILES string of the molecule is C=C(C)C(=O)OCCCCOc1ccc(C=Cc2ccc([N+](=O)[O-])cc2)cc1. The van der Waals surface area contributed by atoms with Crippen molar-refractivity contribution in [2.75, 3.05) is 13.2 Å². The van der Waals surface area contributed by atoms with Crippen molar-refractivity contribution in [3.63, 3.8) is 0 Å². The Morgan fingerprint density at radius 3 is 2.07 bits per heavy atom. The molecule has 0 saturated heterocycles. The lowest BCUT2D eigenvalue weighted by Crippen LogP contribution is -2.07. The Kier molecular flexibility index (Phi) is 7.96. The van der Waals surface area contributed by atoms with E-state index in [0.29, 0.717) is 18.8 Å². The van der Waals surface area contributed by atoms with Crippen molar-refractivity contribution in [1.82, 2.24) is 0 Å². The van der Waals surface area contributed by atoms with Gasteiger partial charge in [-0.15, -0.1) is 0 Å². The van der Waals surface area contributed by atoms with Crippen molar-refractivity contribution in [2.24, 2.45) is 0 Å². The molecule has 0 fully saturated rings. The number of ether oxygens (including phenoxy) is 2. The molecule has 0 N–H and O–H groups in total. The molecule has 0 unspecified atom stereocenters. The van der Waals surface area contributed by atoms with Gasteiger partial charge in [-0.1, -0.05) is 30.9 Å². The summed E-state index contributed by atoms with van der Waals surface area (Å²) in [5, 5.41) is 10.7. The van der Waals surface area contributed by atoms with E-state index in [-0.39, 0.29) is 11.7 Å². The number of esters is 1. The van der Waals surface area contributed by atoms with Crippen molar-refractivity contribution in [3.8, 4) is 5.75 Å². The molecule has 2 aromatic rings. The number of carbonyl (C=O) groups is 1. The molecule has 0 bridgehead atoms. The summed E-state index contributed by atoms with van der Waals surface area (Å²) in [7, 11) is 0. The standard InChI is InChI=1S/C22H23NO5/c1-17(2)22(24)28-16-4-3-15-27-21-13-9-19(10-14-21)6-5-18-7-11-20(12-8-18)23(25)26/h5-14H,1,3-4,15-16H2,2H3. The number of non-ortho nitro benzene ring substituents is 1. The summed E-state index contributed by atoms with van der Waals surface area (Å²) >= 11 is 0. The second kappa shape index (κ2) is 10.7. The summed E-state index contributed by atoms with van der Waals surface area (Å²) in [4.78, 5) is 21.5. The number of nitro benzene ring substituents is 1. The lowest BCUT2D eigenvalue weighted by Gasteiger charge is -2.07. The van der Waals surface area contributed by atoms with Gasteiger partial charge in [0.15, 0.2) is 0 Å². The molecule has 0 aliphatic rings. The smallest absolute Gasteiger partial charge is 0.333 e. The van der Waals surface area contributed by atoms with Gasteiger partial charge in [0.25, 0.3) is 5.69 Å². The third-order valence-electron chi connectivity index (χ3n) is 3.84. The summed E-state index contributed by atoms with van der Waals surface area (Å²) in [6, 6.07) is 14.0. The predicted octanol–water partition coefficient (Wildman–Crippen LogP) is 5.04. The first-order valence-corrected chi connectivity index (χ1v) is 8.94. The van der Waals surface area contributed by atoms with Gasteiger partial charge in [0.1, 0.15) is 5.75 Å². The molecule has 0 spiro atoms. The van der Waals surface area contributed by atoms with Crippen molar-refractivity contribution in [1.29, 1.82) is 0 Å². The minimum absolute atomic E-state index is 0.0765. The maximum Gasteiger partial charge on any atom is 0.333 e. The molecule has 0 radical (unpaired) electrons. The van der Waals surface area contributed by atoms with Crippen molar-refractivity contribution >= 4 is 23.8 Å². The zero-order chi connectivity index (χ0) is 20.4. The first-order chi connectivity index (χ1) is 13.5. The highest BCUT2D eigenvalue weighted by molar-refractivity contribution is 5.86. The van der Waals surface area contributed by atoms with Crippen LogP contribution in [0.3, 0.4) is 0 Å². The quantitative estimate of drug-likeness (QED) is 0.144. The van der Waals surface area contributed by atoms with Crippen LogP contribution in [0.1, 0.15) is 30.9 Å². The number of hydrogen-bond donors (Lipinski definition) is 0. The number of carbonyl (C=O) groups excluding carboxylic acids is 1. The van der Waals surface area contributed by atoms with Crippen molar-refractivity contribution in [2.45, 2.75) is 19.8 Å². The largest absolute Gasteiger partial charge is 0.494 e. The Bertz CT molecular complexity index is 838. The fourth-order valence-electron chi connectivity index (χ4n) is 2.26. The molecule has 0 heterocycles.